The van der Waals surface area contributed by atoms with Gasteiger partial charge in [-0.2, -0.15) is 0 Å². The van der Waals surface area contributed by atoms with Gasteiger partial charge in [0.2, 0.25) is 5.91 Å². The number of benzene rings is 1. The van der Waals surface area contributed by atoms with Gasteiger partial charge in [-0.05, 0) is 18.4 Å². The molecule has 1 aliphatic rings. The van der Waals surface area contributed by atoms with Crippen LogP contribution in [0.2, 0.25) is 0 Å². The van der Waals surface area contributed by atoms with Crippen LogP contribution in [0.5, 0.6) is 0 Å². The van der Waals surface area contributed by atoms with Crippen LogP contribution in [0.3, 0.4) is 0 Å². The van der Waals surface area contributed by atoms with Gasteiger partial charge >= 0.3 is 0 Å². The molecule has 6 nitrogen and oxygen atoms in total. The van der Waals surface area contributed by atoms with Crippen LogP contribution < -0.4 is 0 Å². The summed E-state index contributed by atoms with van der Waals surface area (Å²) >= 11 is 0. The molecule has 1 aromatic carbocycles. The van der Waals surface area contributed by atoms with Crippen molar-refractivity contribution in [2.45, 2.75) is 44.9 Å². The lowest BCUT2D eigenvalue weighted by atomic mass is 9.94. The number of nitrogens with zero attached hydrogens (tertiary/aromatic N) is 5. The highest BCUT2D eigenvalue weighted by Gasteiger charge is 2.26. The molecule has 1 atom stereocenters. The third kappa shape index (κ3) is 4.36. The number of imidazole rings is 1. The van der Waals surface area contributed by atoms with E-state index in [0.717, 1.165) is 42.3 Å². The van der Waals surface area contributed by atoms with Crippen LogP contribution in [0.4, 0.5) is 0 Å². The largest absolute Gasteiger partial charge is 0.342 e. The van der Waals surface area contributed by atoms with Crippen molar-refractivity contribution in [1.29, 1.82) is 0 Å². The zero-order valence-corrected chi connectivity index (χ0v) is 17.0. The Balaban J connectivity index is 1.50. The van der Waals surface area contributed by atoms with Crippen molar-refractivity contribution in [3.8, 4) is 5.82 Å². The highest BCUT2D eigenvalue weighted by molar-refractivity contribution is 5.79. The molecule has 1 amide bonds. The summed E-state index contributed by atoms with van der Waals surface area (Å²) in [6, 6.07) is 9.94. The van der Waals surface area contributed by atoms with Gasteiger partial charge in [0.25, 0.3) is 0 Å². The van der Waals surface area contributed by atoms with E-state index in [1.54, 1.807) is 12.4 Å². The first-order valence-electron chi connectivity index (χ1n) is 10.3. The van der Waals surface area contributed by atoms with Gasteiger partial charge < -0.3 is 4.90 Å². The van der Waals surface area contributed by atoms with E-state index in [9.17, 15) is 4.79 Å². The predicted molar refractivity (Wildman–Crippen MR) is 112 cm³/mol. The number of aromatic nitrogens is 4. The number of carbonyl (C=O) groups is 1. The lowest BCUT2D eigenvalue weighted by Crippen LogP contribution is -2.40. The Morgan fingerprint density at radius 2 is 2.03 bits per heavy atom. The average molecular weight is 390 g/mol. The van der Waals surface area contributed by atoms with Crippen molar-refractivity contribution < 1.29 is 4.79 Å². The Bertz CT molecular complexity index is 966. The molecule has 1 fully saturated rings. The summed E-state index contributed by atoms with van der Waals surface area (Å²) in [4.78, 5) is 28.5. The van der Waals surface area contributed by atoms with Crippen molar-refractivity contribution in [3.63, 3.8) is 0 Å². The predicted octanol–water partition coefficient (Wildman–Crippen LogP) is 3.73. The number of carbonyl (C=O) groups excluding carboxylic acids is 1. The Morgan fingerprint density at radius 3 is 2.83 bits per heavy atom. The minimum atomic E-state index is 0.182. The summed E-state index contributed by atoms with van der Waals surface area (Å²) in [5.41, 5.74) is 2.01. The second-order valence-corrected chi connectivity index (χ2v) is 7.95. The number of amides is 1. The molecular weight excluding hydrogens is 362 g/mol. The van der Waals surface area contributed by atoms with Crippen molar-refractivity contribution in [1.82, 2.24) is 24.4 Å². The number of hydrogen-bond acceptors (Lipinski definition) is 4. The SMILES string of the molecule is CC(C)c1nccn1-c1cncc(C2CCCN(C(=O)Cc3ccccc3)C2)n1. The van der Waals surface area contributed by atoms with Crippen molar-refractivity contribution in [3.05, 3.63) is 72.2 Å². The molecule has 1 unspecified atom stereocenters. The minimum absolute atomic E-state index is 0.182. The second kappa shape index (κ2) is 8.55. The molecule has 1 aliphatic heterocycles. The summed E-state index contributed by atoms with van der Waals surface area (Å²) in [6.07, 6.45) is 9.80. The molecule has 0 spiro atoms. The molecule has 0 N–H and O–H groups in total. The van der Waals surface area contributed by atoms with Crippen LogP contribution >= 0.6 is 0 Å². The zero-order valence-electron chi connectivity index (χ0n) is 17.0. The first kappa shape index (κ1) is 19.3. The maximum atomic E-state index is 12.8. The summed E-state index contributed by atoms with van der Waals surface area (Å²) in [7, 11) is 0. The van der Waals surface area contributed by atoms with Crippen LogP contribution in [0.1, 0.15) is 55.6 Å². The number of hydrogen-bond donors (Lipinski definition) is 0. The minimum Gasteiger partial charge on any atom is -0.342 e. The van der Waals surface area contributed by atoms with Crippen molar-refractivity contribution in [2.75, 3.05) is 13.1 Å². The van der Waals surface area contributed by atoms with E-state index in [-0.39, 0.29) is 11.8 Å². The maximum absolute atomic E-state index is 12.8. The first-order chi connectivity index (χ1) is 14.1. The van der Waals surface area contributed by atoms with E-state index in [1.807, 2.05) is 52.2 Å². The van der Waals surface area contributed by atoms with Gasteiger partial charge in [-0.25, -0.2) is 9.97 Å². The second-order valence-electron chi connectivity index (χ2n) is 7.95. The van der Waals surface area contributed by atoms with Crippen LogP contribution in [-0.2, 0) is 11.2 Å². The lowest BCUT2D eigenvalue weighted by Gasteiger charge is -2.32. The molecule has 3 aromatic rings. The molecule has 0 aliphatic carbocycles. The molecule has 150 valence electrons. The molecule has 0 saturated carbocycles. The van der Waals surface area contributed by atoms with E-state index in [0.29, 0.717) is 18.9 Å². The van der Waals surface area contributed by atoms with E-state index < -0.39 is 0 Å². The molecule has 3 heterocycles. The van der Waals surface area contributed by atoms with Crippen LogP contribution in [0.15, 0.2) is 55.1 Å². The molecule has 4 rings (SSSR count). The molecule has 0 radical (unpaired) electrons. The highest BCUT2D eigenvalue weighted by atomic mass is 16.2. The fraction of sp³-hybridized carbons (Fsp3) is 0.391. The molecule has 0 bridgehead atoms. The third-order valence-corrected chi connectivity index (χ3v) is 5.46. The number of likely N-dealkylation sites (tertiary alicyclic amines) is 1. The first-order valence-corrected chi connectivity index (χ1v) is 10.3. The molecule has 6 heteroatoms. The maximum Gasteiger partial charge on any atom is 0.227 e. The van der Waals surface area contributed by atoms with Crippen molar-refractivity contribution in [2.24, 2.45) is 0 Å². The average Bonchev–Trinajstić information content (AvgIpc) is 3.25. The van der Waals surface area contributed by atoms with Gasteiger partial charge in [-0.15, -0.1) is 0 Å². The Kier molecular flexibility index (Phi) is 5.69. The van der Waals surface area contributed by atoms with Gasteiger partial charge in [-0.1, -0.05) is 44.2 Å². The molecule has 2 aromatic heterocycles. The fourth-order valence-electron chi connectivity index (χ4n) is 3.95. The zero-order chi connectivity index (χ0) is 20.2. The third-order valence-electron chi connectivity index (χ3n) is 5.46. The topological polar surface area (TPSA) is 63.9 Å². The van der Waals surface area contributed by atoms with Gasteiger partial charge in [0.05, 0.1) is 18.3 Å². The number of rotatable bonds is 5. The highest BCUT2D eigenvalue weighted by Crippen LogP contribution is 2.26. The van der Waals surface area contributed by atoms with Gasteiger partial charge in [-0.3, -0.25) is 14.3 Å². The van der Waals surface area contributed by atoms with Gasteiger partial charge in [0.1, 0.15) is 5.82 Å². The molecule has 1 saturated heterocycles. The standard InChI is InChI=1S/C23H27N5O/c1-17(2)23-25-10-12-28(23)21-15-24-14-20(26-21)19-9-6-11-27(16-19)22(29)13-18-7-4-3-5-8-18/h3-5,7-8,10,12,14-15,17,19H,6,9,11,13,16H2,1-2H3. The van der Waals surface area contributed by atoms with E-state index >= 15 is 0 Å². The van der Waals surface area contributed by atoms with Gasteiger partial charge in [0.15, 0.2) is 5.82 Å². The Morgan fingerprint density at radius 1 is 1.21 bits per heavy atom. The smallest absolute Gasteiger partial charge is 0.227 e. The summed E-state index contributed by atoms with van der Waals surface area (Å²) in [6.45, 7) is 5.75. The summed E-state index contributed by atoms with van der Waals surface area (Å²) in [5.74, 6) is 2.45. The van der Waals surface area contributed by atoms with Gasteiger partial charge in [0, 0.05) is 43.5 Å². The fourth-order valence-corrected chi connectivity index (χ4v) is 3.95. The van der Waals surface area contributed by atoms with E-state index in [2.05, 4.69) is 23.8 Å². The van der Waals surface area contributed by atoms with Crippen LogP contribution in [-0.4, -0.2) is 43.4 Å². The summed E-state index contributed by atoms with van der Waals surface area (Å²) in [5, 5.41) is 0. The van der Waals surface area contributed by atoms with E-state index in [4.69, 9.17) is 4.98 Å². The van der Waals surface area contributed by atoms with Crippen molar-refractivity contribution >= 4 is 5.91 Å². The normalized spacial score (nSPS) is 16.9. The van der Waals surface area contributed by atoms with E-state index in [1.165, 1.54) is 0 Å². The van der Waals surface area contributed by atoms with Crippen LogP contribution in [0, 0.1) is 0 Å². The Labute approximate surface area is 171 Å². The quantitative estimate of drug-likeness (QED) is 0.667. The Hall–Kier alpha value is -3.02. The molecular formula is C23H27N5O. The number of piperidine rings is 1. The van der Waals surface area contributed by atoms with Crippen LogP contribution in [0.25, 0.3) is 5.82 Å². The lowest BCUT2D eigenvalue weighted by molar-refractivity contribution is -0.131. The monoisotopic (exact) mass is 389 g/mol. The summed E-state index contributed by atoms with van der Waals surface area (Å²) < 4.78 is 2.00. The molecule has 29 heavy (non-hydrogen) atoms.